The van der Waals surface area contributed by atoms with Crippen LogP contribution in [0.1, 0.15) is 6.92 Å². The Hall–Kier alpha value is -1.52. The molecule has 0 fully saturated rings. The first-order valence-corrected chi connectivity index (χ1v) is 7.47. The highest BCUT2D eigenvalue weighted by molar-refractivity contribution is 9.10. The van der Waals surface area contributed by atoms with Crippen LogP contribution in [0.2, 0.25) is 0 Å². The number of aliphatic carboxylic acids is 1. The van der Waals surface area contributed by atoms with Gasteiger partial charge in [0, 0.05) is 13.1 Å². The minimum atomic E-state index is -4.05. The van der Waals surface area contributed by atoms with E-state index in [1.165, 1.54) is 6.92 Å². The average molecular weight is 367 g/mol. The number of nitro benzene ring substituents is 1. The number of nitro groups is 1. The highest BCUT2D eigenvalue weighted by Crippen LogP contribution is 2.28. The number of carboxylic acids is 1. The van der Waals surface area contributed by atoms with Crippen molar-refractivity contribution >= 4 is 37.6 Å². The second-order valence-corrected chi connectivity index (χ2v) is 6.76. The van der Waals surface area contributed by atoms with Crippen LogP contribution in [0.15, 0.2) is 27.6 Å². The van der Waals surface area contributed by atoms with Crippen molar-refractivity contribution < 1.29 is 23.2 Å². The van der Waals surface area contributed by atoms with E-state index in [2.05, 4.69) is 15.9 Å². The lowest BCUT2D eigenvalue weighted by Crippen LogP contribution is -2.40. The number of sulfonamides is 1. The summed E-state index contributed by atoms with van der Waals surface area (Å²) in [4.78, 5) is 20.6. The number of nitrogens with zero attached hydrogens (tertiary/aromatic N) is 2. The number of rotatable bonds is 5. The monoisotopic (exact) mass is 366 g/mol. The molecule has 0 saturated heterocycles. The van der Waals surface area contributed by atoms with Gasteiger partial charge in [0.05, 0.1) is 14.3 Å². The van der Waals surface area contributed by atoms with E-state index in [1.807, 2.05) is 0 Å². The van der Waals surface area contributed by atoms with E-state index in [9.17, 15) is 23.3 Å². The lowest BCUT2D eigenvalue weighted by atomic mass is 10.3. The Morgan fingerprint density at radius 2 is 2.05 bits per heavy atom. The summed E-state index contributed by atoms with van der Waals surface area (Å²) in [6, 6.07) is 1.91. The number of carboxylic acid groups (broad SMARTS) is 1. The summed E-state index contributed by atoms with van der Waals surface area (Å²) in [5.41, 5.74) is -0.280. The van der Waals surface area contributed by atoms with E-state index in [0.717, 1.165) is 25.2 Å². The van der Waals surface area contributed by atoms with Crippen molar-refractivity contribution in [2.75, 3.05) is 7.05 Å². The molecule has 0 radical (unpaired) electrons. The lowest BCUT2D eigenvalue weighted by Gasteiger charge is -2.21. The average Bonchev–Trinajstić information content (AvgIpc) is 2.36. The van der Waals surface area contributed by atoms with Gasteiger partial charge in [0.1, 0.15) is 6.04 Å². The van der Waals surface area contributed by atoms with Crippen LogP contribution in [0.3, 0.4) is 0 Å². The summed E-state index contributed by atoms with van der Waals surface area (Å²) in [5, 5.41) is 19.5. The SMILES string of the molecule is CC(C(=O)O)N(C)S(=O)(=O)c1ccc([N+](=O)[O-])c(Br)c1. The third kappa shape index (κ3) is 3.14. The van der Waals surface area contributed by atoms with E-state index < -0.39 is 27.0 Å². The molecule has 1 aromatic rings. The van der Waals surface area contributed by atoms with Gasteiger partial charge in [-0.25, -0.2) is 8.42 Å². The molecule has 0 bridgehead atoms. The molecule has 1 atom stereocenters. The van der Waals surface area contributed by atoms with Gasteiger partial charge in [-0.2, -0.15) is 4.31 Å². The van der Waals surface area contributed by atoms with E-state index in [-0.39, 0.29) is 15.1 Å². The van der Waals surface area contributed by atoms with Crippen LogP contribution in [0.4, 0.5) is 5.69 Å². The van der Waals surface area contributed by atoms with Crippen LogP contribution >= 0.6 is 15.9 Å². The second-order valence-electron chi connectivity index (χ2n) is 3.91. The Labute approximate surface area is 123 Å². The van der Waals surface area contributed by atoms with E-state index in [4.69, 9.17) is 5.11 Å². The number of carbonyl (C=O) groups is 1. The molecule has 1 unspecified atom stereocenters. The van der Waals surface area contributed by atoms with Gasteiger partial charge in [-0.1, -0.05) is 0 Å². The smallest absolute Gasteiger partial charge is 0.321 e. The molecule has 10 heteroatoms. The first-order valence-electron chi connectivity index (χ1n) is 5.23. The molecule has 0 aliphatic carbocycles. The normalized spacial score (nSPS) is 13.2. The van der Waals surface area contributed by atoms with Gasteiger partial charge in [0.25, 0.3) is 5.69 Å². The maximum absolute atomic E-state index is 12.2. The summed E-state index contributed by atoms with van der Waals surface area (Å²) >= 11 is 2.91. The largest absolute Gasteiger partial charge is 0.480 e. The minimum Gasteiger partial charge on any atom is -0.480 e. The standard InChI is InChI=1S/C10H11BrN2O6S/c1-6(10(14)15)12(2)20(18,19)7-3-4-9(13(16)17)8(11)5-7/h3-6H,1-2H3,(H,14,15). The predicted octanol–water partition coefficient (Wildman–Crippen LogP) is 1.45. The summed E-state index contributed by atoms with van der Waals surface area (Å²) in [7, 11) is -2.92. The second kappa shape index (κ2) is 5.85. The van der Waals surface area contributed by atoms with Gasteiger partial charge in [0.2, 0.25) is 10.0 Å². The number of halogens is 1. The van der Waals surface area contributed by atoms with Crippen LogP contribution in [-0.2, 0) is 14.8 Å². The third-order valence-electron chi connectivity index (χ3n) is 2.70. The highest BCUT2D eigenvalue weighted by atomic mass is 79.9. The highest BCUT2D eigenvalue weighted by Gasteiger charge is 2.30. The van der Waals surface area contributed by atoms with Gasteiger partial charge in [-0.15, -0.1) is 0 Å². The van der Waals surface area contributed by atoms with Gasteiger partial charge in [-0.05, 0) is 35.0 Å². The zero-order chi connectivity index (χ0) is 15.7. The number of likely N-dealkylation sites (N-methyl/N-ethyl adjacent to an activating group) is 1. The Kier molecular flexibility index (Phi) is 4.84. The van der Waals surface area contributed by atoms with Crippen LogP contribution in [0.25, 0.3) is 0 Å². The van der Waals surface area contributed by atoms with Crippen LogP contribution in [0, 0.1) is 10.1 Å². The Balaban J connectivity index is 3.27. The molecule has 8 nitrogen and oxygen atoms in total. The molecule has 110 valence electrons. The lowest BCUT2D eigenvalue weighted by molar-refractivity contribution is -0.385. The van der Waals surface area contributed by atoms with Crippen molar-refractivity contribution in [3.8, 4) is 0 Å². The number of hydrogen-bond donors (Lipinski definition) is 1. The van der Waals surface area contributed by atoms with Crippen molar-refractivity contribution in [3.05, 3.63) is 32.8 Å². The van der Waals surface area contributed by atoms with Crippen LogP contribution in [-0.4, -0.2) is 41.8 Å². The number of benzene rings is 1. The molecule has 1 rings (SSSR count). The predicted molar refractivity (Wildman–Crippen MR) is 72.8 cm³/mol. The molecular formula is C10H11BrN2O6S. The molecule has 0 saturated carbocycles. The zero-order valence-corrected chi connectivity index (χ0v) is 12.9. The fourth-order valence-electron chi connectivity index (χ4n) is 1.33. The van der Waals surface area contributed by atoms with Crippen molar-refractivity contribution in [3.63, 3.8) is 0 Å². The molecule has 20 heavy (non-hydrogen) atoms. The molecule has 0 spiro atoms. The molecule has 1 aromatic carbocycles. The summed E-state index contributed by atoms with van der Waals surface area (Å²) in [6.07, 6.45) is 0. The fraction of sp³-hybridized carbons (Fsp3) is 0.300. The van der Waals surface area contributed by atoms with Crippen molar-refractivity contribution in [2.45, 2.75) is 17.9 Å². The third-order valence-corrected chi connectivity index (χ3v) is 5.25. The first kappa shape index (κ1) is 16.5. The van der Waals surface area contributed by atoms with Gasteiger partial charge < -0.3 is 5.11 Å². The minimum absolute atomic E-state index is 0.0000435. The fourth-order valence-corrected chi connectivity index (χ4v) is 3.35. The molecule has 0 amide bonds. The quantitative estimate of drug-likeness (QED) is 0.622. The summed E-state index contributed by atoms with van der Waals surface area (Å²) in [6.45, 7) is 1.22. The molecular weight excluding hydrogens is 356 g/mol. The van der Waals surface area contributed by atoms with Gasteiger partial charge >= 0.3 is 5.97 Å². The Morgan fingerprint density at radius 3 is 2.45 bits per heavy atom. The summed E-state index contributed by atoms with van der Waals surface area (Å²) < 4.78 is 25.1. The maximum atomic E-state index is 12.2. The maximum Gasteiger partial charge on any atom is 0.321 e. The van der Waals surface area contributed by atoms with Crippen LogP contribution in [0.5, 0.6) is 0 Å². The molecule has 0 heterocycles. The molecule has 0 aliphatic rings. The van der Waals surface area contributed by atoms with Crippen molar-refractivity contribution in [2.24, 2.45) is 0 Å². The van der Waals surface area contributed by atoms with Crippen LogP contribution < -0.4 is 0 Å². The topological polar surface area (TPSA) is 118 Å². The molecule has 0 aliphatic heterocycles. The molecule has 0 aromatic heterocycles. The van der Waals surface area contributed by atoms with Gasteiger partial charge in [-0.3, -0.25) is 14.9 Å². The van der Waals surface area contributed by atoms with Gasteiger partial charge in [0.15, 0.2) is 0 Å². The van der Waals surface area contributed by atoms with E-state index >= 15 is 0 Å². The van der Waals surface area contributed by atoms with Crippen molar-refractivity contribution in [1.29, 1.82) is 0 Å². The van der Waals surface area contributed by atoms with Crippen molar-refractivity contribution in [1.82, 2.24) is 4.31 Å². The zero-order valence-electron chi connectivity index (χ0n) is 10.5. The number of hydrogen-bond acceptors (Lipinski definition) is 5. The van der Waals surface area contributed by atoms with E-state index in [0.29, 0.717) is 4.31 Å². The van der Waals surface area contributed by atoms with E-state index in [1.54, 1.807) is 0 Å². The summed E-state index contributed by atoms with van der Waals surface area (Å²) in [5.74, 6) is -1.29. The molecule has 1 N–H and O–H groups in total. The first-order chi connectivity index (χ1) is 9.09. The Bertz CT molecular complexity index is 660. The Morgan fingerprint density at radius 1 is 1.50 bits per heavy atom.